The fraction of sp³-hybridized carbons (Fsp3) is 0.750. The van der Waals surface area contributed by atoms with Gasteiger partial charge >= 0.3 is 5.97 Å². The van der Waals surface area contributed by atoms with Gasteiger partial charge in [0.2, 0.25) is 0 Å². The number of carbonyl (C=O) groups is 1. The van der Waals surface area contributed by atoms with Crippen molar-refractivity contribution >= 4 is 17.7 Å². The summed E-state index contributed by atoms with van der Waals surface area (Å²) in [6, 6.07) is 2.07. The van der Waals surface area contributed by atoms with Crippen molar-refractivity contribution in [3.05, 3.63) is 0 Å². The number of aliphatic carboxylic acids is 1. The second kappa shape index (κ2) is 8.41. The van der Waals surface area contributed by atoms with E-state index in [4.69, 9.17) is 10.4 Å². The quantitative estimate of drug-likeness (QED) is 0.618. The molecule has 68 valence electrons. The number of carboxylic acid groups (broad SMARTS) is 1. The fourth-order valence-corrected chi connectivity index (χ4v) is 1.60. The van der Waals surface area contributed by atoms with Crippen molar-refractivity contribution in [2.75, 3.05) is 11.5 Å². The van der Waals surface area contributed by atoms with Crippen LogP contribution in [0.5, 0.6) is 0 Å². The highest BCUT2D eigenvalue weighted by Gasteiger charge is 1.95. The highest BCUT2D eigenvalue weighted by Crippen LogP contribution is 2.07. The summed E-state index contributed by atoms with van der Waals surface area (Å²) >= 11 is 1.64. The SMILES string of the molecule is N#CCCCCSCCC(=O)O. The van der Waals surface area contributed by atoms with E-state index in [1.165, 1.54) is 0 Å². The minimum absolute atomic E-state index is 0.239. The minimum atomic E-state index is -0.737. The van der Waals surface area contributed by atoms with Gasteiger partial charge < -0.3 is 5.11 Å². The minimum Gasteiger partial charge on any atom is -0.481 e. The predicted molar refractivity (Wildman–Crippen MR) is 49.0 cm³/mol. The Morgan fingerprint density at radius 1 is 1.42 bits per heavy atom. The summed E-state index contributed by atoms with van der Waals surface area (Å²) in [5.41, 5.74) is 0. The molecule has 3 nitrogen and oxygen atoms in total. The van der Waals surface area contributed by atoms with Crippen LogP contribution in [0.2, 0.25) is 0 Å². The number of hydrogen-bond donors (Lipinski definition) is 1. The molecule has 0 aromatic rings. The second-order valence-electron chi connectivity index (χ2n) is 2.37. The fourth-order valence-electron chi connectivity index (χ4n) is 0.670. The first-order valence-electron chi connectivity index (χ1n) is 3.94. The number of carboxylic acids is 1. The van der Waals surface area contributed by atoms with Crippen LogP contribution in [0.3, 0.4) is 0 Å². The lowest BCUT2D eigenvalue weighted by atomic mass is 10.3. The summed E-state index contributed by atoms with van der Waals surface area (Å²) in [5.74, 6) is 0.913. The van der Waals surface area contributed by atoms with Crippen molar-refractivity contribution in [3.8, 4) is 6.07 Å². The van der Waals surface area contributed by atoms with Crippen molar-refractivity contribution in [1.29, 1.82) is 5.26 Å². The molecule has 0 unspecified atom stereocenters. The molecular formula is C8H13NO2S. The van der Waals surface area contributed by atoms with Gasteiger partial charge in [-0.2, -0.15) is 17.0 Å². The van der Waals surface area contributed by atoms with Gasteiger partial charge in [0.05, 0.1) is 12.5 Å². The normalized spacial score (nSPS) is 9.25. The van der Waals surface area contributed by atoms with E-state index in [9.17, 15) is 4.79 Å². The molecule has 0 bridgehead atoms. The van der Waals surface area contributed by atoms with Gasteiger partial charge in [0.15, 0.2) is 0 Å². The highest BCUT2D eigenvalue weighted by atomic mass is 32.2. The summed E-state index contributed by atoms with van der Waals surface area (Å²) in [6.45, 7) is 0. The molecule has 0 spiro atoms. The maximum atomic E-state index is 10.1. The second-order valence-corrected chi connectivity index (χ2v) is 3.60. The van der Waals surface area contributed by atoms with Crippen LogP contribution in [-0.2, 0) is 4.79 Å². The number of rotatable bonds is 7. The van der Waals surface area contributed by atoms with E-state index in [0.717, 1.165) is 18.6 Å². The van der Waals surface area contributed by atoms with Gasteiger partial charge in [-0.05, 0) is 18.6 Å². The third-order valence-corrected chi connectivity index (χ3v) is 2.36. The van der Waals surface area contributed by atoms with Gasteiger partial charge in [-0.25, -0.2) is 0 Å². The first-order chi connectivity index (χ1) is 5.77. The monoisotopic (exact) mass is 187 g/mol. The van der Waals surface area contributed by atoms with E-state index in [1.54, 1.807) is 11.8 Å². The number of hydrogen-bond acceptors (Lipinski definition) is 3. The number of unbranched alkanes of at least 4 members (excludes halogenated alkanes) is 2. The van der Waals surface area contributed by atoms with Crippen LogP contribution >= 0.6 is 11.8 Å². The Labute approximate surface area is 76.8 Å². The lowest BCUT2D eigenvalue weighted by molar-refractivity contribution is -0.136. The number of thioether (sulfide) groups is 1. The molecule has 1 N–H and O–H groups in total. The molecule has 4 heteroatoms. The Kier molecular flexibility index (Phi) is 7.92. The van der Waals surface area contributed by atoms with Crippen LogP contribution in [0, 0.1) is 11.3 Å². The molecule has 0 aliphatic rings. The standard InChI is InChI=1S/C8H13NO2S/c9-5-2-1-3-6-12-7-4-8(10)11/h1-4,6-7H2,(H,10,11). The van der Waals surface area contributed by atoms with Crippen molar-refractivity contribution in [2.45, 2.75) is 25.7 Å². The van der Waals surface area contributed by atoms with Gasteiger partial charge in [0.1, 0.15) is 0 Å². The van der Waals surface area contributed by atoms with Gasteiger partial charge in [0, 0.05) is 12.2 Å². The molecule has 0 atom stereocenters. The van der Waals surface area contributed by atoms with Crippen molar-refractivity contribution in [1.82, 2.24) is 0 Å². The van der Waals surface area contributed by atoms with E-state index in [0.29, 0.717) is 12.2 Å². The summed E-state index contributed by atoms with van der Waals surface area (Å²) < 4.78 is 0. The topological polar surface area (TPSA) is 61.1 Å². The molecule has 0 saturated heterocycles. The van der Waals surface area contributed by atoms with Crippen LogP contribution in [0.25, 0.3) is 0 Å². The first kappa shape index (κ1) is 11.3. The van der Waals surface area contributed by atoms with Crippen LogP contribution in [0.4, 0.5) is 0 Å². The molecular weight excluding hydrogens is 174 g/mol. The third kappa shape index (κ3) is 9.31. The number of nitriles is 1. The van der Waals surface area contributed by atoms with Crippen LogP contribution in [0.1, 0.15) is 25.7 Å². The molecule has 0 amide bonds. The molecule has 0 heterocycles. The van der Waals surface area contributed by atoms with Crippen LogP contribution in [0.15, 0.2) is 0 Å². The van der Waals surface area contributed by atoms with Gasteiger partial charge in [-0.1, -0.05) is 0 Å². The largest absolute Gasteiger partial charge is 0.481 e. The first-order valence-corrected chi connectivity index (χ1v) is 5.09. The average Bonchev–Trinajstić information content (AvgIpc) is 2.02. The Bertz CT molecular complexity index is 165. The van der Waals surface area contributed by atoms with Gasteiger partial charge in [0.25, 0.3) is 0 Å². The van der Waals surface area contributed by atoms with E-state index in [2.05, 4.69) is 6.07 Å². The maximum absolute atomic E-state index is 10.1. The van der Waals surface area contributed by atoms with Gasteiger partial charge in [-0.3, -0.25) is 4.79 Å². The lowest BCUT2D eigenvalue weighted by Gasteiger charge is -1.96. The molecule has 0 aromatic carbocycles. The Balaban J connectivity index is 2.92. The van der Waals surface area contributed by atoms with E-state index < -0.39 is 5.97 Å². The zero-order valence-electron chi connectivity index (χ0n) is 6.95. The summed E-state index contributed by atoms with van der Waals surface area (Å²) in [6.07, 6.45) is 2.79. The molecule has 0 radical (unpaired) electrons. The summed E-state index contributed by atoms with van der Waals surface area (Å²) in [5, 5.41) is 16.5. The zero-order chi connectivity index (χ0) is 9.23. The average molecular weight is 187 g/mol. The van der Waals surface area contributed by atoms with Crippen LogP contribution in [-0.4, -0.2) is 22.6 Å². The molecule has 12 heavy (non-hydrogen) atoms. The molecule has 0 fully saturated rings. The smallest absolute Gasteiger partial charge is 0.304 e. The lowest BCUT2D eigenvalue weighted by Crippen LogP contribution is -1.96. The molecule has 0 aliphatic carbocycles. The summed E-state index contributed by atoms with van der Waals surface area (Å²) in [4.78, 5) is 10.1. The zero-order valence-corrected chi connectivity index (χ0v) is 7.77. The molecule has 0 aromatic heterocycles. The van der Waals surface area contributed by atoms with Gasteiger partial charge in [-0.15, -0.1) is 0 Å². The van der Waals surface area contributed by atoms with Crippen LogP contribution < -0.4 is 0 Å². The van der Waals surface area contributed by atoms with E-state index >= 15 is 0 Å². The molecule has 0 aliphatic heterocycles. The van der Waals surface area contributed by atoms with Crippen molar-refractivity contribution in [2.24, 2.45) is 0 Å². The predicted octanol–water partition coefficient (Wildman–Crippen LogP) is 1.89. The number of nitrogens with zero attached hydrogens (tertiary/aromatic N) is 1. The molecule has 0 saturated carbocycles. The third-order valence-electron chi connectivity index (χ3n) is 1.29. The van der Waals surface area contributed by atoms with Crippen molar-refractivity contribution < 1.29 is 9.90 Å². The highest BCUT2D eigenvalue weighted by molar-refractivity contribution is 7.99. The Hall–Kier alpha value is -0.690. The summed E-state index contributed by atoms with van der Waals surface area (Å²) in [7, 11) is 0. The van der Waals surface area contributed by atoms with Crippen molar-refractivity contribution in [3.63, 3.8) is 0 Å². The van der Waals surface area contributed by atoms with E-state index in [1.807, 2.05) is 0 Å². The maximum Gasteiger partial charge on any atom is 0.304 e. The Morgan fingerprint density at radius 3 is 2.75 bits per heavy atom. The Morgan fingerprint density at radius 2 is 2.17 bits per heavy atom. The van der Waals surface area contributed by atoms with E-state index in [-0.39, 0.29) is 6.42 Å². The molecule has 0 rings (SSSR count).